The van der Waals surface area contributed by atoms with E-state index in [2.05, 4.69) is 0 Å². The van der Waals surface area contributed by atoms with Crippen molar-refractivity contribution in [2.45, 2.75) is 4.90 Å². The van der Waals surface area contributed by atoms with Crippen molar-refractivity contribution < 1.29 is 9.53 Å². The maximum atomic E-state index is 11.0. The molecule has 19 heavy (non-hydrogen) atoms. The lowest BCUT2D eigenvalue weighted by molar-refractivity contribution is 0.100. The van der Waals surface area contributed by atoms with Crippen molar-refractivity contribution >= 4 is 23.4 Å². The highest BCUT2D eigenvalue weighted by Gasteiger charge is 2.06. The third kappa shape index (κ3) is 3.20. The van der Waals surface area contributed by atoms with E-state index in [4.69, 9.17) is 16.2 Å². The van der Waals surface area contributed by atoms with Gasteiger partial charge in [0.05, 0.1) is 5.69 Å². The van der Waals surface area contributed by atoms with Crippen LogP contribution in [0.1, 0.15) is 10.4 Å². The monoisotopic (exact) mass is 274 g/mol. The predicted molar refractivity (Wildman–Crippen MR) is 77.7 cm³/mol. The van der Waals surface area contributed by atoms with E-state index in [0.29, 0.717) is 22.7 Å². The number of hydrogen-bond donors (Lipinski definition) is 2. The maximum Gasteiger partial charge on any atom is 0.248 e. The SMILES string of the molecule is CSc1ccc(Oc2ccc(C(N)=O)cc2N)cc1. The minimum atomic E-state index is -0.512. The van der Waals surface area contributed by atoms with Gasteiger partial charge in [-0.25, -0.2) is 0 Å². The first-order chi connectivity index (χ1) is 9.10. The van der Waals surface area contributed by atoms with Gasteiger partial charge < -0.3 is 16.2 Å². The third-order valence-electron chi connectivity index (χ3n) is 2.58. The number of nitrogen functional groups attached to an aromatic ring is 1. The minimum absolute atomic E-state index is 0.364. The number of benzene rings is 2. The molecular weight excluding hydrogens is 260 g/mol. The molecule has 0 radical (unpaired) electrons. The Hall–Kier alpha value is -2.14. The van der Waals surface area contributed by atoms with Gasteiger partial charge in [0.2, 0.25) is 5.91 Å². The number of hydrogen-bond acceptors (Lipinski definition) is 4. The van der Waals surface area contributed by atoms with Crippen LogP contribution >= 0.6 is 11.8 Å². The topological polar surface area (TPSA) is 78.3 Å². The summed E-state index contributed by atoms with van der Waals surface area (Å²) in [7, 11) is 0. The Morgan fingerprint density at radius 3 is 2.37 bits per heavy atom. The first-order valence-corrected chi connectivity index (χ1v) is 6.84. The number of nitrogens with two attached hydrogens (primary N) is 2. The number of primary amides is 1. The first-order valence-electron chi connectivity index (χ1n) is 5.61. The summed E-state index contributed by atoms with van der Waals surface area (Å²) in [6.07, 6.45) is 2.01. The molecule has 0 aliphatic heterocycles. The van der Waals surface area contributed by atoms with Gasteiger partial charge in [0.25, 0.3) is 0 Å². The van der Waals surface area contributed by atoms with Gasteiger partial charge in [-0.05, 0) is 48.7 Å². The molecule has 2 aromatic rings. The Morgan fingerprint density at radius 1 is 1.16 bits per heavy atom. The molecule has 0 bridgehead atoms. The van der Waals surface area contributed by atoms with Crippen molar-refractivity contribution in [3.8, 4) is 11.5 Å². The zero-order valence-electron chi connectivity index (χ0n) is 10.4. The van der Waals surface area contributed by atoms with Crippen LogP contribution in [0, 0.1) is 0 Å². The van der Waals surface area contributed by atoms with Crippen molar-refractivity contribution in [3.63, 3.8) is 0 Å². The zero-order valence-corrected chi connectivity index (χ0v) is 11.2. The molecule has 0 aromatic heterocycles. The summed E-state index contributed by atoms with van der Waals surface area (Å²) >= 11 is 1.66. The third-order valence-corrected chi connectivity index (χ3v) is 3.33. The molecule has 1 amide bonds. The predicted octanol–water partition coefficient (Wildman–Crippen LogP) is 2.88. The summed E-state index contributed by atoms with van der Waals surface area (Å²) < 4.78 is 5.66. The van der Waals surface area contributed by atoms with Crippen molar-refractivity contribution in [2.24, 2.45) is 5.73 Å². The lowest BCUT2D eigenvalue weighted by Crippen LogP contribution is -2.11. The van der Waals surface area contributed by atoms with Crippen LogP contribution < -0.4 is 16.2 Å². The Labute approximate surface area is 115 Å². The highest BCUT2D eigenvalue weighted by Crippen LogP contribution is 2.29. The van der Waals surface area contributed by atoms with Gasteiger partial charge in [-0.2, -0.15) is 0 Å². The molecule has 0 saturated heterocycles. The fourth-order valence-electron chi connectivity index (χ4n) is 1.57. The number of carbonyl (C=O) groups excluding carboxylic acids is 1. The van der Waals surface area contributed by atoms with Gasteiger partial charge in [0.15, 0.2) is 0 Å². The van der Waals surface area contributed by atoms with E-state index in [1.807, 2.05) is 30.5 Å². The summed E-state index contributed by atoms with van der Waals surface area (Å²) in [6.45, 7) is 0. The van der Waals surface area contributed by atoms with Crippen LogP contribution in [0.15, 0.2) is 47.4 Å². The summed E-state index contributed by atoms with van der Waals surface area (Å²) in [5.74, 6) is 0.681. The quantitative estimate of drug-likeness (QED) is 0.663. The molecule has 0 aliphatic rings. The fourth-order valence-corrected chi connectivity index (χ4v) is 1.97. The second-order valence-corrected chi connectivity index (χ2v) is 4.77. The van der Waals surface area contributed by atoms with E-state index in [0.717, 1.165) is 4.90 Å². The number of rotatable bonds is 4. The summed E-state index contributed by atoms with van der Waals surface area (Å²) in [4.78, 5) is 12.2. The molecule has 2 rings (SSSR count). The van der Waals surface area contributed by atoms with Crippen LogP contribution in [0.3, 0.4) is 0 Å². The maximum absolute atomic E-state index is 11.0. The molecule has 0 aliphatic carbocycles. The van der Waals surface area contributed by atoms with Crippen molar-refractivity contribution in [2.75, 3.05) is 12.0 Å². The van der Waals surface area contributed by atoms with Crippen LogP contribution in [-0.2, 0) is 0 Å². The zero-order chi connectivity index (χ0) is 13.8. The van der Waals surface area contributed by atoms with E-state index in [1.54, 1.807) is 23.9 Å². The standard InChI is InChI=1S/C14H14N2O2S/c1-19-11-5-3-10(4-6-11)18-13-7-2-9(14(16)17)8-12(13)15/h2-8H,15H2,1H3,(H2,16,17). The van der Waals surface area contributed by atoms with Gasteiger partial charge >= 0.3 is 0 Å². The van der Waals surface area contributed by atoms with Gasteiger partial charge in [0, 0.05) is 10.5 Å². The Morgan fingerprint density at radius 2 is 1.84 bits per heavy atom. The molecule has 98 valence electrons. The number of carbonyl (C=O) groups is 1. The van der Waals surface area contributed by atoms with Crippen LogP contribution in [0.25, 0.3) is 0 Å². The molecule has 0 heterocycles. The highest BCUT2D eigenvalue weighted by atomic mass is 32.2. The molecule has 4 nitrogen and oxygen atoms in total. The summed E-state index contributed by atoms with van der Waals surface area (Å²) in [5.41, 5.74) is 11.7. The molecule has 0 fully saturated rings. The number of amides is 1. The molecule has 0 saturated carbocycles. The summed E-state index contributed by atoms with van der Waals surface area (Å²) in [6, 6.07) is 12.4. The second kappa shape index (κ2) is 5.67. The Balaban J connectivity index is 2.20. The average Bonchev–Trinajstić information content (AvgIpc) is 2.41. The van der Waals surface area contributed by atoms with Crippen molar-refractivity contribution in [1.82, 2.24) is 0 Å². The molecule has 0 atom stereocenters. The van der Waals surface area contributed by atoms with Gasteiger partial charge in [-0.1, -0.05) is 0 Å². The largest absolute Gasteiger partial charge is 0.455 e. The molecule has 4 N–H and O–H groups in total. The Kier molecular flexibility index (Phi) is 3.97. The van der Waals surface area contributed by atoms with E-state index in [9.17, 15) is 4.79 Å². The van der Waals surface area contributed by atoms with Crippen LogP contribution in [-0.4, -0.2) is 12.2 Å². The average molecular weight is 274 g/mol. The van der Waals surface area contributed by atoms with E-state index in [1.165, 1.54) is 6.07 Å². The minimum Gasteiger partial charge on any atom is -0.455 e. The normalized spacial score (nSPS) is 10.2. The molecule has 0 spiro atoms. The number of thioether (sulfide) groups is 1. The van der Waals surface area contributed by atoms with Crippen molar-refractivity contribution in [1.29, 1.82) is 0 Å². The number of anilines is 1. The van der Waals surface area contributed by atoms with Gasteiger partial charge in [-0.3, -0.25) is 4.79 Å². The summed E-state index contributed by atoms with van der Waals surface area (Å²) in [5, 5.41) is 0. The molecule has 5 heteroatoms. The van der Waals surface area contributed by atoms with Crippen molar-refractivity contribution in [3.05, 3.63) is 48.0 Å². The fraction of sp³-hybridized carbons (Fsp3) is 0.0714. The van der Waals surface area contributed by atoms with Crippen LogP contribution in [0.5, 0.6) is 11.5 Å². The molecule has 2 aromatic carbocycles. The van der Waals surface area contributed by atoms with Gasteiger partial charge in [-0.15, -0.1) is 11.8 Å². The second-order valence-electron chi connectivity index (χ2n) is 3.89. The van der Waals surface area contributed by atoms with Crippen LogP contribution in [0.2, 0.25) is 0 Å². The van der Waals surface area contributed by atoms with E-state index < -0.39 is 5.91 Å². The van der Waals surface area contributed by atoms with Crippen LogP contribution in [0.4, 0.5) is 5.69 Å². The molecular formula is C14H14N2O2S. The smallest absolute Gasteiger partial charge is 0.248 e. The number of ether oxygens (including phenoxy) is 1. The highest BCUT2D eigenvalue weighted by molar-refractivity contribution is 7.98. The lowest BCUT2D eigenvalue weighted by atomic mass is 10.2. The first kappa shape index (κ1) is 13.3. The molecule has 0 unspecified atom stereocenters. The van der Waals surface area contributed by atoms with E-state index in [-0.39, 0.29) is 0 Å². The van der Waals surface area contributed by atoms with E-state index >= 15 is 0 Å². The Bertz CT molecular complexity index is 597. The lowest BCUT2D eigenvalue weighted by Gasteiger charge is -2.09. The van der Waals surface area contributed by atoms with Gasteiger partial charge in [0.1, 0.15) is 11.5 Å².